The zero-order valence-electron chi connectivity index (χ0n) is 23.7. The Morgan fingerprint density at radius 1 is 0.636 bits per heavy atom. The number of esters is 1. The van der Waals surface area contributed by atoms with E-state index in [9.17, 15) is 14.4 Å². The highest BCUT2D eigenvalue weighted by Gasteiger charge is 2.65. The second kappa shape index (κ2) is 10.3. The van der Waals surface area contributed by atoms with Gasteiger partial charge >= 0.3 is 5.97 Å². The minimum atomic E-state index is -0.998. The van der Waals surface area contributed by atoms with E-state index in [0.717, 1.165) is 33.2 Å². The highest BCUT2D eigenvalue weighted by atomic mass is 16.5. The van der Waals surface area contributed by atoms with Gasteiger partial charge in [-0.05, 0) is 34.2 Å². The molecule has 0 aromatic heterocycles. The van der Waals surface area contributed by atoms with Crippen LogP contribution in [0.25, 0.3) is 16.8 Å². The van der Waals surface area contributed by atoms with Gasteiger partial charge in [0.1, 0.15) is 6.04 Å². The SMILES string of the molecule is O=C(OC(c1ccccc1)c1ccccc1)[C@@H]1[C@@H]2C(=O)N(c3cccc4ccccc34)C(=O)[C@@H]2[C@@H]2C=Cc3ccccc3N12. The minimum absolute atomic E-state index is 0.298. The number of fused-ring (bicyclic) bond motifs is 6. The lowest BCUT2D eigenvalue weighted by molar-refractivity contribution is -0.151. The summed E-state index contributed by atoms with van der Waals surface area (Å²) in [7, 11) is 0. The monoisotopic (exact) mass is 576 g/mol. The van der Waals surface area contributed by atoms with E-state index in [4.69, 9.17) is 4.74 Å². The molecular weight excluding hydrogens is 548 g/mol. The van der Waals surface area contributed by atoms with Crippen LogP contribution in [0.2, 0.25) is 0 Å². The minimum Gasteiger partial charge on any atom is -0.451 e. The molecule has 2 amide bonds. The van der Waals surface area contributed by atoms with Gasteiger partial charge in [0, 0.05) is 11.1 Å². The first-order valence-corrected chi connectivity index (χ1v) is 14.8. The molecule has 3 aliphatic rings. The average Bonchev–Trinajstić information content (AvgIpc) is 3.56. The maximum Gasteiger partial charge on any atom is 0.330 e. The topological polar surface area (TPSA) is 66.9 Å². The standard InChI is InChI=1S/C38H28N2O4/c41-36-32-31-23-22-25-13-8-10-20-29(25)39(31)34(33(32)37(42)40(36)30-21-11-18-24-12-7-9-19-28(24)30)38(43)44-35(26-14-3-1-4-15-26)27-16-5-2-6-17-27/h1-23,31-35H/t31-,32+,33+,34-/m0/s1. The summed E-state index contributed by atoms with van der Waals surface area (Å²) in [5.41, 5.74) is 3.92. The molecule has 0 saturated carbocycles. The Balaban J connectivity index is 1.24. The summed E-state index contributed by atoms with van der Waals surface area (Å²) < 4.78 is 6.39. The Morgan fingerprint density at radius 3 is 1.98 bits per heavy atom. The lowest BCUT2D eigenvalue weighted by Crippen LogP contribution is -2.49. The van der Waals surface area contributed by atoms with E-state index >= 15 is 0 Å². The van der Waals surface area contributed by atoms with Crippen LogP contribution in [0, 0.1) is 11.8 Å². The number of amides is 2. The Bertz CT molecular complexity index is 1910. The quantitative estimate of drug-likeness (QED) is 0.175. The van der Waals surface area contributed by atoms with E-state index in [0.29, 0.717) is 5.69 Å². The van der Waals surface area contributed by atoms with Gasteiger partial charge in [0.25, 0.3) is 0 Å². The van der Waals surface area contributed by atoms with Crippen molar-refractivity contribution in [3.8, 4) is 0 Å². The smallest absolute Gasteiger partial charge is 0.330 e. The maximum atomic E-state index is 14.5. The molecule has 5 aromatic rings. The number of nitrogens with zero attached hydrogens (tertiary/aromatic N) is 2. The van der Waals surface area contributed by atoms with Crippen molar-refractivity contribution in [1.29, 1.82) is 0 Å². The summed E-state index contributed by atoms with van der Waals surface area (Å²) >= 11 is 0. The van der Waals surface area contributed by atoms with Crippen molar-refractivity contribution < 1.29 is 19.1 Å². The number of carbonyl (C=O) groups is 3. The molecule has 2 saturated heterocycles. The molecule has 2 fully saturated rings. The molecule has 0 aliphatic carbocycles. The van der Waals surface area contributed by atoms with Crippen molar-refractivity contribution in [3.63, 3.8) is 0 Å². The lowest BCUT2D eigenvalue weighted by Gasteiger charge is -2.36. The number of rotatable bonds is 5. The van der Waals surface area contributed by atoms with E-state index in [1.807, 2.05) is 138 Å². The van der Waals surface area contributed by atoms with Crippen LogP contribution in [-0.4, -0.2) is 29.9 Å². The predicted molar refractivity (Wildman–Crippen MR) is 170 cm³/mol. The molecule has 214 valence electrons. The van der Waals surface area contributed by atoms with Gasteiger partial charge in [0.05, 0.1) is 23.6 Å². The fourth-order valence-electron chi connectivity index (χ4n) is 7.20. The summed E-state index contributed by atoms with van der Waals surface area (Å²) in [6, 6.07) is 38.8. The van der Waals surface area contributed by atoms with Gasteiger partial charge in [0.2, 0.25) is 11.8 Å². The normalized spacial score (nSPS) is 21.8. The molecule has 4 atom stereocenters. The number of anilines is 2. The van der Waals surface area contributed by atoms with Crippen LogP contribution in [-0.2, 0) is 19.1 Å². The Hall–Kier alpha value is -5.49. The van der Waals surface area contributed by atoms with E-state index in [1.165, 1.54) is 4.90 Å². The molecule has 3 aliphatic heterocycles. The molecule has 3 heterocycles. The van der Waals surface area contributed by atoms with E-state index < -0.39 is 36.0 Å². The van der Waals surface area contributed by atoms with E-state index in [1.54, 1.807) is 6.07 Å². The predicted octanol–water partition coefficient (Wildman–Crippen LogP) is 6.56. The van der Waals surface area contributed by atoms with Crippen molar-refractivity contribution in [2.75, 3.05) is 9.80 Å². The number of hydrogen-bond donors (Lipinski definition) is 0. The zero-order chi connectivity index (χ0) is 29.8. The molecule has 0 bridgehead atoms. The largest absolute Gasteiger partial charge is 0.451 e. The van der Waals surface area contributed by atoms with Crippen molar-refractivity contribution in [2.24, 2.45) is 11.8 Å². The summed E-state index contributed by atoms with van der Waals surface area (Å²) in [5.74, 6) is -2.87. The molecule has 44 heavy (non-hydrogen) atoms. The van der Waals surface area contributed by atoms with Crippen molar-refractivity contribution in [3.05, 3.63) is 150 Å². The molecule has 0 radical (unpaired) electrons. The number of hydrogen-bond acceptors (Lipinski definition) is 5. The Kier molecular flexibility index (Phi) is 6.15. The highest BCUT2D eigenvalue weighted by molar-refractivity contribution is 6.27. The van der Waals surface area contributed by atoms with E-state index in [-0.39, 0.29) is 11.8 Å². The summed E-state index contributed by atoms with van der Waals surface area (Å²) in [4.78, 5) is 46.6. The van der Waals surface area contributed by atoms with Gasteiger partial charge in [-0.1, -0.05) is 127 Å². The second-order valence-electron chi connectivity index (χ2n) is 11.5. The molecule has 5 aromatic carbocycles. The van der Waals surface area contributed by atoms with Gasteiger partial charge in [0.15, 0.2) is 6.10 Å². The van der Waals surface area contributed by atoms with Crippen LogP contribution in [0.4, 0.5) is 11.4 Å². The molecule has 0 N–H and O–H groups in total. The molecule has 0 spiro atoms. The van der Waals surface area contributed by atoms with Crippen molar-refractivity contribution >= 4 is 46.0 Å². The van der Waals surface area contributed by atoms with E-state index in [2.05, 4.69) is 0 Å². The van der Waals surface area contributed by atoms with Crippen LogP contribution in [0.5, 0.6) is 0 Å². The maximum absolute atomic E-state index is 14.5. The summed E-state index contributed by atoms with van der Waals surface area (Å²) in [6.45, 7) is 0. The van der Waals surface area contributed by atoms with Gasteiger partial charge in [-0.2, -0.15) is 0 Å². The summed E-state index contributed by atoms with van der Waals surface area (Å²) in [6.07, 6.45) is 3.26. The van der Waals surface area contributed by atoms with Crippen molar-refractivity contribution in [1.82, 2.24) is 0 Å². The van der Waals surface area contributed by atoms with Crippen LogP contribution in [0.1, 0.15) is 22.8 Å². The fourth-order valence-corrected chi connectivity index (χ4v) is 7.20. The zero-order valence-corrected chi connectivity index (χ0v) is 23.7. The van der Waals surface area contributed by atoms with Crippen LogP contribution < -0.4 is 9.80 Å². The first kappa shape index (κ1) is 26.2. The number of ether oxygens (including phenoxy) is 1. The van der Waals surface area contributed by atoms with Gasteiger partial charge in [-0.15, -0.1) is 0 Å². The Morgan fingerprint density at radius 2 is 1.23 bits per heavy atom. The second-order valence-corrected chi connectivity index (χ2v) is 11.5. The van der Waals surface area contributed by atoms with Crippen LogP contribution in [0.15, 0.2) is 133 Å². The molecular formula is C38H28N2O4. The molecule has 8 rings (SSSR count). The van der Waals surface area contributed by atoms with Crippen molar-refractivity contribution in [2.45, 2.75) is 18.2 Å². The molecule has 0 unspecified atom stereocenters. The number of benzene rings is 5. The Labute approximate surface area is 254 Å². The van der Waals surface area contributed by atoms with Gasteiger partial charge in [-0.3, -0.25) is 9.59 Å². The fraction of sp³-hybridized carbons (Fsp3) is 0.132. The average molecular weight is 577 g/mol. The lowest BCUT2D eigenvalue weighted by atomic mass is 9.88. The molecule has 6 heteroatoms. The molecule has 6 nitrogen and oxygen atoms in total. The third-order valence-corrected chi connectivity index (χ3v) is 9.10. The number of imide groups is 1. The first-order chi connectivity index (χ1) is 21.6. The number of carbonyl (C=O) groups excluding carboxylic acids is 3. The third-order valence-electron chi connectivity index (χ3n) is 9.10. The third kappa shape index (κ3) is 3.98. The van der Waals surface area contributed by atoms with Crippen LogP contribution >= 0.6 is 0 Å². The van der Waals surface area contributed by atoms with Gasteiger partial charge < -0.3 is 9.64 Å². The first-order valence-electron chi connectivity index (χ1n) is 14.8. The van der Waals surface area contributed by atoms with Gasteiger partial charge in [-0.25, -0.2) is 9.69 Å². The number of para-hydroxylation sites is 1. The highest BCUT2D eigenvalue weighted by Crippen LogP contribution is 2.50. The summed E-state index contributed by atoms with van der Waals surface area (Å²) in [5, 5.41) is 1.74. The van der Waals surface area contributed by atoms with Crippen LogP contribution in [0.3, 0.4) is 0 Å².